The van der Waals surface area contributed by atoms with E-state index in [0.717, 1.165) is 49.7 Å². The van der Waals surface area contributed by atoms with Crippen molar-refractivity contribution in [2.45, 2.75) is 0 Å². The minimum Gasteiger partial charge on any atom is -0.308 e. The second-order valence-corrected chi connectivity index (χ2v) is 11.1. The summed E-state index contributed by atoms with van der Waals surface area (Å²) in [4.78, 5) is 9.57. The van der Waals surface area contributed by atoms with Crippen LogP contribution >= 0.6 is 0 Å². The van der Waals surface area contributed by atoms with Gasteiger partial charge in [0.2, 0.25) is 0 Å². The molecule has 5 aromatic carbocycles. The van der Waals surface area contributed by atoms with E-state index in [1.807, 2.05) is 24.7 Å². The summed E-state index contributed by atoms with van der Waals surface area (Å²) >= 11 is 0. The molecule has 0 bridgehead atoms. The number of nitrogens with zero attached hydrogens (tertiary/aromatic N) is 4. The van der Waals surface area contributed by atoms with Gasteiger partial charge in [-0.2, -0.15) is 0 Å². The second-order valence-electron chi connectivity index (χ2n) is 11.1. The molecule has 0 amide bonds. The van der Waals surface area contributed by atoms with Crippen LogP contribution in [-0.4, -0.2) is 19.1 Å². The molecule has 0 saturated heterocycles. The third-order valence-corrected chi connectivity index (χ3v) is 8.61. The molecule has 0 aliphatic carbocycles. The lowest BCUT2D eigenvalue weighted by Crippen LogP contribution is -1.98. The van der Waals surface area contributed by atoms with Gasteiger partial charge in [0.05, 0.1) is 33.8 Å². The smallest absolute Gasteiger partial charge is 0.147 e. The van der Waals surface area contributed by atoms with Gasteiger partial charge in [0.1, 0.15) is 5.65 Å². The summed E-state index contributed by atoms with van der Waals surface area (Å²) in [5.41, 5.74) is 11.2. The maximum absolute atomic E-state index is 5.13. The van der Waals surface area contributed by atoms with E-state index in [4.69, 9.17) is 4.98 Å². The number of hydrogen-bond donors (Lipinski definition) is 0. The lowest BCUT2D eigenvalue weighted by atomic mass is 9.98. The van der Waals surface area contributed by atoms with Crippen molar-refractivity contribution in [3.05, 3.63) is 158 Å². The number of para-hydroxylation sites is 2. The van der Waals surface area contributed by atoms with Gasteiger partial charge in [-0.1, -0.05) is 97.1 Å². The minimum absolute atomic E-state index is 0.915. The van der Waals surface area contributed by atoms with Gasteiger partial charge in [-0.05, 0) is 64.7 Å². The van der Waals surface area contributed by atoms with Gasteiger partial charge in [0.15, 0.2) is 0 Å². The third kappa shape index (κ3) is 3.71. The molecule has 0 saturated carbocycles. The van der Waals surface area contributed by atoms with E-state index in [1.54, 1.807) is 0 Å². The van der Waals surface area contributed by atoms with Crippen LogP contribution < -0.4 is 0 Å². The molecule has 0 aliphatic heterocycles. The quantitative estimate of drug-likeness (QED) is 0.214. The fourth-order valence-electron chi connectivity index (χ4n) is 6.70. The molecule has 0 radical (unpaired) electrons. The zero-order chi connectivity index (χ0) is 29.0. The molecule has 4 heteroatoms. The van der Waals surface area contributed by atoms with Crippen molar-refractivity contribution in [3.63, 3.8) is 0 Å². The molecule has 206 valence electrons. The molecule has 0 aliphatic rings. The average molecular weight is 563 g/mol. The van der Waals surface area contributed by atoms with Crippen LogP contribution in [0.4, 0.5) is 0 Å². The van der Waals surface area contributed by atoms with Crippen LogP contribution in [-0.2, 0) is 0 Å². The Kier molecular flexibility index (Phi) is 5.47. The molecule has 9 rings (SSSR count). The fourth-order valence-corrected chi connectivity index (χ4v) is 6.70. The lowest BCUT2D eigenvalue weighted by molar-refractivity contribution is 1.11. The van der Waals surface area contributed by atoms with Crippen molar-refractivity contribution in [3.8, 4) is 33.6 Å². The summed E-state index contributed by atoms with van der Waals surface area (Å²) in [6, 6.07) is 49.6. The monoisotopic (exact) mass is 562 g/mol. The zero-order valence-corrected chi connectivity index (χ0v) is 23.8. The molecule has 4 aromatic heterocycles. The molecule has 44 heavy (non-hydrogen) atoms. The Labute approximate surface area is 254 Å². The van der Waals surface area contributed by atoms with Crippen molar-refractivity contribution in [1.82, 2.24) is 19.1 Å². The van der Waals surface area contributed by atoms with Crippen molar-refractivity contribution in [1.29, 1.82) is 0 Å². The van der Waals surface area contributed by atoms with E-state index in [-0.39, 0.29) is 0 Å². The van der Waals surface area contributed by atoms with E-state index in [9.17, 15) is 0 Å². The van der Waals surface area contributed by atoms with Crippen LogP contribution in [0.15, 0.2) is 158 Å². The molecule has 0 atom stereocenters. The van der Waals surface area contributed by atoms with E-state index in [2.05, 4.69) is 148 Å². The maximum atomic E-state index is 5.13. The lowest BCUT2D eigenvalue weighted by Gasteiger charge is -2.14. The number of pyridine rings is 2. The SMILES string of the molecule is c1ccc(-c2cc(-c3ccccc3)cc(-n3c4ccccc4c4cnc5c(c6ccccc6n5-c5cccnc5)c43)c2)cc1. The van der Waals surface area contributed by atoms with Crippen LogP contribution in [0.3, 0.4) is 0 Å². The van der Waals surface area contributed by atoms with Crippen LogP contribution in [0.5, 0.6) is 0 Å². The van der Waals surface area contributed by atoms with Crippen LogP contribution in [0, 0.1) is 0 Å². The summed E-state index contributed by atoms with van der Waals surface area (Å²) < 4.78 is 4.67. The first-order chi connectivity index (χ1) is 21.8. The first-order valence-electron chi connectivity index (χ1n) is 14.8. The van der Waals surface area contributed by atoms with Gasteiger partial charge in [0, 0.05) is 34.2 Å². The highest BCUT2D eigenvalue weighted by molar-refractivity contribution is 6.25. The highest BCUT2D eigenvalue weighted by atomic mass is 15.1. The molecule has 0 spiro atoms. The number of rotatable bonds is 4. The highest BCUT2D eigenvalue weighted by Gasteiger charge is 2.22. The van der Waals surface area contributed by atoms with Crippen molar-refractivity contribution >= 4 is 43.7 Å². The van der Waals surface area contributed by atoms with Gasteiger partial charge in [-0.15, -0.1) is 0 Å². The molecular formula is C40H26N4. The number of aromatic nitrogens is 4. The predicted octanol–water partition coefficient (Wildman–Crippen LogP) is 10.0. The summed E-state index contributed by atoms with van der Waals surface area (Å²) in [6.45, 7) is 0. The van der Waals surface area contributed by atoms with E-state index >= 15 is 0 Å². The molecule has 0 unspecified atom stereocenters. The Morgan fingerprint density at radius 2 is 1.05 bits per heavy atom. The number of benzene rings is 5. The molecule has 4 nitrogen and oxygen atoms in total. The molecular weight excluding hydrogens is 536 g/mol. The summed E-state index contributed by atoms with van der Waals surface area (Å²) in [6.07, 6.45) is 5.76. The summed E-state index contributed by atoms with van der Waals surface area (Å²) in [5, 5.41) is 4.61. The zero-order valence-electron chi connectivity index (χ0n) is 23.8. The summed E-state index contributed by atoms with van der Waals surface area (Å²) in [5.74, 6) is 0. The largest absolute Gasteiger partial charge is 0.308 e. The molecule has 0 fully saturated rings. The second kappa shape index (κ2) is 9.79. The standard InChI is InChI=1S/C40H26N4/c1-3-12-27(13-4-1)29-22-30(28-14-5-2-6-15-28)24-32(23-29)43-36-19-9-7-17-33(36)35-26-42-40-38(39(35)43)34-18-8-10-20-37(34)44(40)31-16-11-21-41-25-31/h1-26H. The Morgan fingerprint density at radius 1 is 0.432 bits per heavy atom. The van der Waals surface area contributed by atoms with Crippen molar-refractivity contribution in [2.75, 3.05) is 0 Å². The first-order valence-corrected chi connectivity index (χ1v) is 14.8. The van der Waals surface area contributed by atoms with Gasteiger partial charge in [-0.3, -0.25) is 9.55 Å². The maximum Gasteiger partial charge on any atom is 0.147 e. The molecule has 9 aromatic rings. The predicted molar refractivity (Wildman–Crippen MR) is 182 cm³/mol. The Bertz CT molecular complexity index is 2420. The average Bonchev–Trinajstić information content (AvgIpc) is 3.62. The Hall–Kier alpha value is -6.00. The van der Waals surface area contributed by atoms with Crippen molar-refractivity contribution < 1.29 is 0 Å². The first kappa shape index (κ1) is 24.6. The minimum atomic E-state index is 0.915. The van der Waals surface area contributed by atoms with Gasteiger partial charge in [0.25, 0.3) is 0 Å². The van der Waals surface area contributed by atoms with Crippen LogP contribution in [0.2, 0.25) is 0 Å². The van der Waals surface area contributed by atoms with E-state index in [0.29, 0.717) is 0 Å². The third-order valence-electron chi connectivity index (χ3n) is 8.61. The normalized spacial score (nSPS) is 11.6. The van der Waals surface area contributed by atoms with E-state index in [1.165, 1.54) is 27.6 Å². The number of hydrogen-bond acceptors (Lipinski definition) is 2. The van der Waals surface area contributed by atoms with Crippen molar-refractivity contribution in [2.24, 2.45) is 0 Å². The molecule has 4 heterocycles. The Morgan fingerprint density at radius 3 is 1.70 bits per heavy atom. The van der Waals surface area contributed by atoms with Crippen LogP contribution in [0.1, 0.15) is 0 Å². The van der Waals surface area contributed by atoms with Gasteiger partial charge >= 0.3 is 0 Å². The summed E-state index contributed by atoms with van der Waals surface area (Å²) in [7, 11) is 0. The topological polar surface area (TPSA) is 35.6 Å². The Balaban J connectivity index is 1.46. The van der Waals surface area contributed by atoms with Crippen LogP contribution in [0.25, 0.3) is 77.4 Å². The highest BCUT2D eigenvalue weighted by Crippen LogP contribution is 2.42. The van der Waals surface area contributed by atoms with Gasteiger partial charge < -0.3 is 4.57 Å². The molecule has 0 N–H and O–H groups in total. The number of fused-ring (bicyclic) bond motifs is 7. The van der Waals surface area contributed by atoms with Gasteiger partial charge in [-0.25, -0.2) is 4.98 Å². The fraction of sp³-hybridized carbons (Fsp3) is 0. The van der Waals surface area contributed by atoms with E-state index < -0.39 is 0 Å².